The van der Waals surface area contributed by atoms with Crippen molar-refractivity contribution in [2.24, 2.45) is 7.05 Å². The first-order valence-corrected chi connectivity index (χ1v) is 11.9. The summed E-state index contributed by atoms with van der Waals surface area (Å²) in [5, 5.41) is 20.6. The molecule has 0 bridgehead atoms. The van der Waals surface area contributed by atoms with Crippen LogP contribution in [0.1, 0.15) is 12.0 Å². The minimum Gasteiger partial charge on any atom is -0.349 e. The van der Waals surface area contributed by atoms with Gasteiger partial charge in [-0.15, -0.1) is 5.10 Å². The third-order valence-corrected chi connectivity index (χ3v) is 6.87. The summed E-state index contributed by atoms with van der Waals surface area (Å²) in [5.74, 6) is 0.0669. The molecule has 4 heterocycles. The van der Waals surface area contributed by atoms with E-state index >= 15 is 4.39 Å². The van der Waals surface area contributed by atoms with Crippen molar-refractivity contribution in [2.75, 3.05) is 25.0 Å². The minimum absolute atomic E-state index is 0.0326. The van der Waals surface area contributed by atoms with E-state index in [1.165, 1.54) is 10.7 Å². The molecule has 0 saturated carbocycles. The van der Waals surface area contributed by atoms with Crippen molar-refractivity contribution in [3.63, 3.8) is 0 Å². The lowest BCUT2D eigenvalue weighted by atomic mass is 10.0. The first-order valence-electron chi connectivity index (χ1n) is 11.9. The maximum atomic E-state index is 15.6. The van der Waals surface area contributed by atoms with Gasteiger partial charge >= 0.3 is 0 Å². The molecule has 1 fully saturated rings. The highest BCUT2D eigenvalue weighted by Crippen LogP contribution is 2.38. The van der Waals surface area contributed by atoms with Gasteiger partial charge in [-0.25, -0.2) is 23.4 Å². The number of hydrogen-bond acceptors (Lipinski definition) is 7. The normalized spacial score (nSPS) is 18.0. The van der Waals surface area contributed by atoms with Crippen LogP contribution in [-0.2, 0) is 7.05 Å². The largest absolute Gasteiger partial charge is 0.349 e. The predicted octanol–water partition coefficient (Wildman–Crippen LogP) is 3.49. The number of nitrogens with zero attached hydrogens (tertiary/aromatic N) is 8. The molecule has 1 aliphatic heterocycles. The molecular weight excluding hydrogens is 476 g/mol. The highest BCUT2D eigenvalue weighted by atomic mass is 19.1. The number of rotatable bonds is 4. The van der Waals surface area contributed by atoms with E-state index in [9.17, 15) is 9.65 Å². The molecule has 2 atom stereocenters. The summed E-state index contributed by atoms with van der Waals surface area (Å²) in [4.78, 5) is 11.4. The number of likely N-dealkylation sites (N-methyl/N-ethyl adjacent to an activating group) is 1. The zero-order valence-corrected chi connectivity index (χ0v) is 20.2. The van der Waals surface area contributed by atoms with E-state index in [4.69, 9.17) is 4.98 Å². The van der Waals surface area contributed by atoms with Crippen LogP contribution in [0.2, 0.25) is 0 Å². The number of alkyl halides is 1. The molecule has 0 radical (unpaired) electrons. The fourth-order valence-electron chi connectivity index (χ4n) is 5.00. The van der Waals surface area contributed by atoms with Crippen molar-refractivity contribution in [1.82, 2.24) is 34.7 Å². The topological polar surface area (TPSA) is 100.0 Å². The van der Waals surface area contributed by atoms with Crippen LogP contribution in [0.25, 0.3) is 39.2 Å². The van der Waals surface area contributed by atoms with Gasteiger partial charge in [0, 0.05) is 49.2 Å². The summed E-state index contributed by atoms with van der Waals surface area (Å²) in [7, 11) is 3.52. The average molecular weight is 500 g/mol. The third-order valence-electron chi connectivity index (χ3n) is 6.87. The van der Waals surface area contributed by atoms with Gasteiger partial charge in [-0.3, -0.25) is 4.40 Å². The Hall–Kier alpha value is -4.43. The van der Waals surface area contributed by atoms with E-state index < -0.39 is 12.0 Å². The molecule has 0 spiro atoms. The van der Waals surface area contributed by atoms with Crippen LogP contribution in [0.4, 0.5) is 14.6 Å². The molecule has 1 saturated heterocycles. The van der Waals surface area contributed by atoms with E-state index in [1.807, 2.05) is 11.9 Å². The Labute approximate surface area is 211 Å². The second kappa shape index (κ2) is 8.90. The van der Waals surface area contributed by atoms with E-state index in [-0.39, 0.29) is 12.6 Å². The lowest BCUT2D eigenvalue weighted by molar-refractivity contribution is 0.254. The van der Waals surface area contributed by atoms with Crippen LogP contribution >= 0.6 is 0 Å². The number of benzene rings is 2. The van der Waals surface area contributed by atoms with E-state index in [2.05, 4.69) is 26.7 Å². The molecule has 11 heteroatoms. The first kappa shape index (κ1) is 23.0. The van der Waals surface area contributed by atoms with Crippen LogP contribution in [0, 0.1) is 17.1 Å². The van der Waals surface area contributed by atoms with Gasteiger partial charge < -0.3 is 10.2 Å². The van der Waals surface area contributed by atoms with Crippen LogP contribution in [-0.4, -0.2) is 61.7 Å². The number of aromatic nitrogens is 6. The number of piperidine rings is 1. The first-order chi connectivity index (χ1) is 18.0. The number of nitriles is 1. The zero-order valence-electron chi connectivity index (χ0n) is 20.2. The van der Waals surface area contributed by atoms with Crippen molar-refractivity contribution < 1.29 is 8.78 Å². The van der Waals surface area contributed by atoms with Gasteiger partial charge in [-0.1, -0.05) is 17.3 Å². The average Bonchev–Trinajstić information content (AvgIpc) is 3.48. The molecule has 186 valence electrons. The number of fused-ring (bicyclic) bond motifs is 2. The highest BCUT2D eigenvalue weighted by Gasteiger charge is 2.30. The number of nitrogens with one attached hydrogen (secondary N) is 1. The summed E-state index contributed by atoms with van der Waals surface area (Å²) in [6.07, 6.45) is 2.75. The van der Waals surface area contributed by atoms with Crippen LogP contribution in [0.15, 0.2) is 48.8 Å². The van der Waals surface area contributed by atoms with Gasteiger partial charge in [0.2, 0.25) is 0 Å². The van der Waals surface area contributed by atoms with Gasteiger partial charge in [0.05, 0.1) is 35.1 Å². The monoisotopic (exact) mass is 499 g/mol. The van der Waals surface area contributed by atoms with E-state index in [0.29, 0.717) is 63.5 Å². The number of imidazole rings is 1. The maximum absolute atomic E-state index is 15.6. The molecule has 37 heavy (non-hydrogen) atoms. The Morgan fingerprint density at radius 1 is 1.16 bits per heavy atom. The molecule has 9 nitrogen and oxygen atoms in total. The standard InChI is InChI=1S/C26H23F2N9/c1-30-18-9-17(27)13-36(14-18)25-26-32-23(16-5-3-15(12-29)4-6-16)24(37(26)8-7-31-25)19-10-21-22(11-20(19)28)35(2)34-33-21/h3-8,10-11,17-18,30H,9,13-14H2,1-2H3/t17-,18-/m1/s1. The summed E-state index contributed by atoms with van der Waals surface area (Å²) in [6.45, 7) is 0.761. The molecule has 1 N–H and O–H groups in total. The molecular formula is C26H23F2N9. The Kier molecular flexibility index (Phi) is 5.53. The van der Waals surface area contributed by atoms with Crippen LogP contribution in [0.5, 0.6) is 0 Å². The predicted molar refractivity (Wildman–Crippen MR) is 135 cm³/mol. The van der Waals surface area contributed by atoms with Gasteiger partial charge in [-0.05, 0) is 31.7 Å². The molecule has 0 amide bonds. The lowest BCUT2D eigenvalue weighted by Crippen LogP contribution is -2.49. The Bertz CT molecular complexity index is 1670. The molecule has 0 unspecified atom stereocenters. The molecule has 1 aliphatic rings. The Morgan fingerprint density at radius 2 is 1.97 bits per heavy atom. The van der Waals surface area contributed by atoms with Crippen molar-refractivity contribution in [1.29, 1.82) is 5.26 Å². The van der Waals surface area contributed by atoms with Crippen LogP contribution < -0.4 is 10.2 Å². The number of halogens is 2. The van der Waals surface area contributed by atoms with E-state index in [0.717, 1.165) is 0 Å². The van der Waals surface area contributed by atoms with Gasteiger partial charge in [0.1, 0.15) is 17.5 Å². The van der Waals surface area contributed by atoms with Crippen molar-refractivity contribution in [3.05, 3.63) is 60.2 Å². The molecule has 3 aromatic heterocycles. The highest BCUT2D eigenvalue weighted by molar-refractivity contribution is 5.89. The van der Waals surface area contributed by atoms with Crippen molar-refractivity contribution in [3.8, 4) is 28.6 Å². The molecule has 2 aromatic carbocycles. The van der Waals surface area contributed by atoms with Gasteiger partial charge in [0.15, 0.2) is 11.5 Å². The second-order valence-corrected chi connectivity index (χ2v) is 9.20. The third kappa shape index (κ3) is 3.86. The quantitative estimate of drug-likeness (QED) is 0.404. The van der Waals surface area contributed by atoms with Gasteiger partial charge in [0.25, 0.3) is 0 Å². The fraction of sp³-hybridized carbons (Fsp3) is 0.269. The number of hydrogen-bond donors (Lipinski definition) is 1. The molecule has 0 aliphatic carbocycles. The second-order valence-electron chi connectivity index (χ2n) is 9.20. The maximum Gasteiger partial charge on any atom is 0.181 e. The minimum atomic E-state index is -1.02. The number of anilines is 1. The molecule has 6 rings (SSSR count). The Morgan fingerprint density at radius 3 is 2.73 bits per heavy atom. The summed E-state index contributed by atoms with van der Waals surface area (Å²) in [5.41, 5.74) is 4.13. The van der Waals surface area contributed by atoms with E-state index in [1.54, 1.807) is 54.2 Å². The zero-order chi connectivity index (χ0) is 25.7. The smallest absolute Gasteiger partial charge is 0.181 e. The molecule has 5 aromatic rings. The Balaban J connectivity index is 1.61. The summed E-state index contributed by atoms with van der Waals surface area (Å²) in [6, 6.07) is 12.1. The van der Waals surface area contributed by atoms with Crippen molar-refractivity contribution >= 4 is 22.5 Å². The SMILES string of the molecule is CN[C@@H]1C[C@@H](F)CN(c2nccn3c(-c4cc5nnn(C)c5cc4F)c(-c4ccc(C#N)cc4)nc23)C1. The number of aryl methyl sites for hydroxylation is 1. The summed E-state index contributed by atoms with van der Waals surface area (Å²) >= 11 is 0. The van der Waals surface area contributed by atoms with Gasteiger partial charge in [-0.2, -0.15) is 5.26 Å². The van der Waals surface area contributed by atoms with Crippen molar-refractivity contribution in [2.45, 2.75) is 18.6 Å². The fourth-order valence-corrected chi connectivity index (χ4v) is 5.00. The summed E-state index contributed by atoms with van der Waals surface area (Å²) < 4.78 is 33.6. The lowest BCUT2D eigenvalue weighted by Gasteiger charge is -2.35. The van der Waals surface area contributed by atoms with Crippen LogP contribution in [0.3, 0.4) is 0 Å².